The van der Waals surface area contributed by atoms with Gasteiger partial charge < -0.3 is 10.1 Å². The van der Waals surface area contributed by atoms with Crippen LogP contribution in [-0.4, -0.2) is 28.4 Å². The maximum Gasteiger partial charge on any atom is 0.337 e. The molecule has 7 nitrogen and oxygen atoms in total. The van der Waals surface area contributed by atoms with Gasteiger partial charge >= 0.3 is 5.97 Å². The fraction of sp³-hybridized carbons (Fsp3) is 0.0435. The summed E-state index contributed by atoms with van der Waals surface area (Å²) >= 11 is 1.58. The Hall–Kier alpha value is -3.91. The van der Waals surface area contributed by atoms with Crippen LogP contribution in [0, 0.1) is 0 Å². The van der Waals surface area contributed by atoms with Crippen LogP contribution in [0.4, 0.5) is 11.4 Å². The molecule has 31 heavy (non-hydrogen) atoms. The lowest BCUT2D eigenvalue weighted by Crippen LogP contribution is -2.01. The SMILES string of the molecule is COC(=O)c1ccc(Nc2c(Sc3cccc4cccnc34)ccc3nonc23)cc1. The lowest BCUT2D eigenvalue weighted by atomic mass is 10.2. The summed E-state index contributed by atoms with van der Waals surface area (Å²) in [6, 6.07) is 20.9. The number of hydrogen-bond donors (Lipinski definition) is 1. The van der Waals surface area contributed by atoms with Gasteiger partial charge in [0.05, 0.1) is 23.9 Å². The first-order valence-corrected chi connectivity index (χ1v) is 10.3. The maximum absolute atomic E-state index is 11.7. The predicted octanol–water partition coefficient (Wildman–Crippen LogP) is 5.45. The van der Waals surface area contributed by atoms with Crippen molar-refractivity contribution in [1.29, 1.82) is 0 Å². The Labute approximate surface area is 181 Å². The third-order valence-electron chi connectivity index (χ3n) is 4.78. The number of fused-ring (bicyclic) bond motifs is 2. The van der Waals surface area contributed by atoms with Gasteiger partial charge in [-0.05, 0) is 58.8 Å². The quantitative estimate of drug-likeness (QED) is 0.370. The highest BCUT2D eigenvalue weighted by atomic mass is 32.2. The van der Waals surface area contributed by atoms with Gasteiger partial charge in [-0.3, -0.25) is 4.98 Å². The van der Waals surface area contributed by atoms with Gasteiger partial charge in [0.2, 0.25) is 0 Å². The molecule has 0 amide bonds. The highest BCUT2D eigenvalue weighted by Gasteiger charge is 2.15. The number of carbonyl (C=O) groups excluding carboxylic acids is 1. The summed E-state index contributed by atoms with van der Waals surface area (Å²) in [6.07, 6.45) is 1.79. The van der Waals surface area contributed by atoms with E-state index in [0.29, 0.717) is 16.6 Å². The highest BCUT2D eigenvalue weighted by molar-refractivity contribution is 7.99. The molecule has 0 spiro atoms. The molecule has 0 saturated heterocycles. The van der Waals surface area contributed by atoms with E-state index in [2.05, 4.69) is 20.6 Å². The molecule has 0 saturated carbocycles. The Morgan fingerprint density at radius 3 is 2.61 bits per heavy atom. The van der Waals surface area contributed by atoms with E-state index in [4.69, 9.17) is 9.37 Å². The average molecular weight is 428 g/mol. The summed E-state index contributed by atoms with van der Waals surface area (Å²) in [5, 5.41) is 12.5. The topological polar surface area (TPSA) is 90.1 Å². The second-order valence-corrected chi connectivity index (χ2v) is 7.78. The highest BCUT2D eigenvalue weighted by Crippen LogP contribution is 2.40. The molecular formula is C23H16N4O3S. The molecule has 2 aromatic heterocycles. The Bertz CT molecular complexity index is 1390. The number of rotatable bonds is 5. The van der Waals surface area contributed by atoms with Crippen molar-refractivity contribution in [3.63, 3.8) is 0 Å². The molecule has 0 radical (unpaired) electrons. The van der Waals surface area contributed by atoms with E-state index < -0.39 is 0 Å². The van der Waals surface area contributed by atoms with Gasteiger partial charge in [0, 0.05) is 27.1 Å². The average Bonchev–Trinajstić information content (AvgIpc) is 3.30. The molecule has 152 valence electrons. The number of para-hydroxylation sites is 1. The standard InChI is InChI=1S/C23H16N4O3S/c1-29-23(28)15-7-9-16(10-8-15)25-22-19(12-11-17-21(22)27-30-26-17)31-18-6-2-4-14-5-3-13-24-20(14)18/h2-13,25H,1H3. The first kappa shape index (κ1) is 19.1. The molecule has 5 rings (SSSR count). The summed E-state index contributed by atoms with van der Waals surface area (Å²) in [6.45, 7) is 0. The molecule has 5 aromatic rings. The Kier molecular flexibility index (Phi) is 4.97. The second kappa shape index (κ2) is 8.08. The zero-order valence-electron chi connectivity index (χ0n) is 16.4. The number of hydrogen-bond acceptors (Lipinski definition) is 8. The number of pyridine rings is 1. The summed E-state index contributed by atoms with van der Waals surface area (Å²) in [7, 11) is 1.36. The summed E-state index contributed by atoms with van der Waals surface area (Å²) in [4.78, 5) is 18.2. The fourth-order valence-electron chi connectivity index (χ4n) is 3.27. The zero-order valence-corrected chi connectivity index (χ0v) is 17.2. The van der Waals surface area contributed by atoms with Crippen molar-refractivity contribution in [3.8, 4) is 0 Å². The van der Waals surface area contributed by atoms with Gasteiger partial charge in [0.15, 0.2) is 5.52 Å². The third kappa shape index (κ3) is 3.69. The Morgan fingerprint density at radius 2 is 1.77 bits per heavy atom. The molecule has 3 aromatic carbocycles. The minimum Gasteiger partial charge on any atom is -0.465 e. The molecule has 1 N–H and O–H groups in total. The van der Waals surface area contributed by atoms with Crippen molar-refractivity contribution in [3.05, 3.63) is 78.5 Å². The normalized spacial score (nSPS) is 11.0. The van der Waals surface area contributed by atoms with Crippen molar-refractivity contribution in [2.45, 2.75) is 9.79 Å². The van der Waals surface area contributed by atoms with Crippen molar-refractivity contribution in [2.75, 3.05) is 12.4 Å². The number of nitrogens with one attached hydrogen (secondary N) is 1. The number of aromatic nitrogens is 3. The molecule has 0 bridgehead atoms. The summed E-state index contributed by atoms with van der Waals surface area (Å²) in [5.74, 6) is -0.381. The first-order chi connectivity index (χ1) is 15.2. The number of methoxy groups -OCH3 is 1. The number of nitrogens with zero attached hydrogens (tertiary/aromatic N) is 3. The van der Waals surface area contributed by atoms with Crippen LogP contribution in [-0.2, 0) is 4.74 Å². The lowest BCUT2D eigenvalue weighted by Gasteiger charge is -2.13. The number of esters is 1. The van der Waals surface area contributed by atoms with Crippen molar-refractivity contribution >= 4 is 51.0 Å². The largest absolute Gasteiger partial charge is 0.465 e. The van der Waals surface area contributed by atoms with E-state index in [1.807, 2.05) is 54.6 Å². The molecule has 8 heteroatoms. The van der Waals surface area contributed by atoms with E-state index in [1.54, 1.807) is 30.1 Å². The predicted molar refractivity (Wildman–Crippen MR) is 119 cm³/mol. The minimum atomic E-state index is -0.381. The van der Waals surface area contributed by atoms with Crippen LogP contribution in [0.15, 0.2) is 87.3 Å². The number of carbonyl (C=O) groups is 1. The van der Waals surface area contributed by atoms with E-state index in [-0.39, 0.29) is 5.97 Å². The smallest absolute Gasteiger partial charge is 0.337 e. The molecule has 2 heterocycles. The van der Waals surface area contributed by atoms with E-state index >= 15 is 0 Å². The van der Waals surface area contributed by atoms with Gasteiger partial charge in [0.1, 0.15) is 5.52 Å². The van der Waals surface area contributed by atoms with Crippen LogP contribution < -0.4 is 5.32 Å². The first-order valence-electron chi connectivity index (χ1n) is 9.45. The third-order valence-corrected chi connectivity index (χ3v) is 5.89. The molecule has 0 fully saturated rings. The zero-order chi connectivity index (χ0) is 21.2. The van der Waals surface area contributed by atoms with Crippen molar-refractivity contribution < 1.29 is 14.2 Å². The minimum absolute atomic E-state index is 0.381. The second-order valence-electron chi connectivity index (χ2n) is 6.70. The van der Waals surface area contributed by atoms with Crippen LogP contribution >= 0.6 is 11.8 Å². The van der Waals surface area contributed by atoms with Gasteiger partial charge in [-0.2, -0.15) is 0 Å². The molecule has 0 aliphatic heterocycles. The Balaban J connectivity index is 1.55. The van der Waals surface area contributed by atoms with Gasteiger partial charge in [0.25, 0.3) is 0 Å². The lowest BCUT2D eigenvalue weighted by molar-refractivity contribution is 0.0601. The van der Waals surface area contributed by atoms with E-state index in [0.717, 1.165) is 32.1 Å². The molecular weight excluding hydrogens is 412 g/mol. The van der Waals surface area contributed by atoms with Crippen molar-refractivity contribution in [2.24, 2.45) is 0 Å². The van der Waals surface area contributed by atoms with Crippen LogP contribution in [0.5, 0.6) is 0 Å². The van der Waals surface area contributed by atoms with Crippen molar-refractivity contribution in [1.82, 2.24) is 15.3 Å². The van der Waals surface area contributed by atoms with E-state index in [9.17, 15) is 4.79 Å². The molecule has 0 unspecified atom stereocenters. The summed E-state index contributed by atoms with van der Waals surface area (Å²) < 4.78 is 9.72. The fourth-order valence-corrected chi connectivity index (χ4v) is 4.30. The molecule has 0 aliphatic rings. The van der Waals surface area contributed by atoms with Gasteiger partial charge in [-0.25, -0.2) is 9.42 Å². The Morgan fingerprint density at radius 1 is 0.935 bits per heavy atom. The van der Waals surface area contributed by atoms with Crippen LogP contribution in [0.2, 0.25) is 0 Å². The monoisotopic (exact) mass is 428 g/mol. The number of benzene rings is 3. The van der Waals surface area contributed by atoms with Crippen LogP contribution in [0.3, 0.4) is 0 Å². The maximum atomic E-state index is 11.7. The molecule has 0 aliphatic carbocycles. The van der Waals surface area contributed by atoms with Gasteiger partial charge in [-0.1, -0.05) is 30.0 Å². The molecule has 0 atom stereocenters. The number of ether oxygens (including phenoxy) is 1. The van der Waals surface area contributed by atoms with Crippen LogP contribution in [0.1, 0.15) is 10.4 Å². The number of anilines is 2. The van der Waals surface area contributed by atoms with Crippen LogP contribution in [0.25, 0.3) is 21.9 Å². The summed E-state index contributed by atoms with van der Waals surface area (Å²) in [5.41, 5.74) is 4.24. The van der Waals surface area contributed by atoms with E-state index in [1.165, 1.54) is 7.11 Å². The van der Waals surface area contributed by atoms with Gasteiger partial charge in [-0.15, -0.1) is 0 Å².